The van der Waals surface area contributed by atoms with Gasteiger partial charge in [0, 0.05) is 0 Å². The molecule has 0 aromatic rings. The first-order valence-electron chi connectivity index (χ1n) is 9.33. The van der Waals surface area contributed by atoms with Crippen molar-refractivity contribution in [2.75, 3.05) is 6.54 Å². The standard InChI is InChI=1S/C19H43NSi2/c1-12-21(10,11)15-13-14-20(16(2)3)22(17(4)5,18(6)7)19(8)9/h12,16-19H,1,13-15H2,2-11H3. The molecule has 0 saturated heterocycles. The van der Waals surface area contributed by atoms with Crippen LogP contribution in [0.25, 0.3) is 0 Å². The van der Waals surface area contributed by atoms with Crippen LogP contribution in [0.5, 0.6) is 0 Å². The SMILES string of the molecule is C=C[Si](C)(C)CCCN(C(C)C)[Si](C(C)C)(C(C)C)C(C)C. The first-order valence-corrected chi connectivity index (χ1v) is 14.8. The Morgan fingerprint density at radius 1 is 0.864 bits per heavy atom. The van der Waals surface area contributed by atoms with Gasteiger partial charge in [-0.05, 0) is 35.6 Å². The van der Waals surface area contributed by atoms with Gasteiger partial charge in [-0.1, -0.05) is 74.5 Å². The van der Waals surface area contributed by atoms with Gasteiger partial charge in [0.1, 0.15) is 8.24 Å². The Kier molecular flexibility index (Phi) is 8.89. The monoisotopic (exact) mass is 341 g/mol. The molecule has 0 heterocycles. The van der Waals surface area contributed by atoms with Crippen LogP contribution in [-0.4, -0.2) is 33.5 Å². The summed E-state index contributed by atoms with van der Waals surface area (Å²) in [6.07, 6.45) is 1.34. The second-order valence-electron chi connectivity index (χ2n) is 8.93. The molecule has 0 aromatic heterocycles. The fraction of sp³-hybridized carbons (Fsp3) is 0.895. The Morgan fingerprint density at radius 3 is 1.55 bits per heavy atom. The zero-order valence-electron chi connectivity index (χ0n) is 17.2. The minimum atomic E-state index is -1.50. The van der Waals surface area contributed by atoms with Crippen molar-refractivity contribution in [2.24, 2.45) is 0 Å². The third-order valence-electron chi connectivity index (χ3n) is 5.67. The van der Waals surface area contributed by atoms with E-state index >= 15 is 0 Å². The van der Waals surface area contributed by atoms with Crippen LogP contribution in [0.1, 0.15) is 61.8 Å². The molecule has 0 aliphatic carbocycles. The average Bonchev–Trinajstić information content (AvgIpc) is 2.36. The van der Waals surface area contributed by atoms with E-state index in [-0.39, 0.29) is 0 Å². The van der Waals surface area contributed by atoms with Gasteiger partial charge < -0.3 is 4.57 Å². The minimum Gasteiger partial charge on any atom is -0.321 e. The topological polar surface area (TPSA) is 3.24 Å². The van der Waals surface area contributed by atoms with Crippen molar-refractivity contribution in [2.45, 2.75) is 104 Å². The normalized spacial score (nSPS) is 14.0. The van der Waals surface area contributed by atoms with E-state index in [1.54, 1.807) is 0 Å². The van der Waals surface area contributed by atoms with E-state index in [4.69, 9.17) is 0 Å². The summed E-state index contributed by atoms with van der Waals surface area (Å²) in [5.41, 5.74) is 4.67. The third kappa shape index (κ3) is 5.07. The fourth-order valence-corrected chi connectivity index (χ4v) is 13.4. The predicted molar refractivity (Wildman–Crippen MR) is 110 cm³/mol. The van der Waals surface area contributed by atoms with Crippen LogP contribution in [0, 0.1) is 0 Å². The van der Waals surface area contributed by atoms with E-state index in [0.717, 1.165) is 16.6 Å². The highest BCUT2D eigenvalue weighted by atomic mass is 28.3. The molecule has 0 N–H and O–H groups in total. The molecule has 0 aliphatic heterocycles. The van der Waals surface area contributed by atoms with Crippen molar-refractivity contribution in [1.82, 2.24) is 4.57 Å². The van der Waals surface area contributed by atoms with E-state index in [1.165, 1.54) is 19.0 Å². The Balaban J connectivity index is 5.37. The smallest absolute Gasteiger partial charge is 0.136 e. The molecule has 0 atom stereocenters. The first kappa shape index (κ1) is 22.1. The summed E-state index contributed by atoms with van der Waals surface area (Å²) in [5.74, 6) is 0. The maximum Gasteiger partial charge on any atom is 0.136 e. The summed E-state index contributed by atoms with van der Waals surface area (Å²) in [5, 5.41) is 0. The van der Waals surface area contributed by atoms with Gasteiger partial charge in [0.25, 0.3) is 0 Å². The summed E-state index contributed by atoms with van der Waals surface area (Å²) in [7, 11) is -2.67. The maximum atomic E-state index is 4.06. The van der Waals surface area contributed by atoms with Crippen LogP contribution >= 0.6 is 0 Å². The molecule has 0 aromatic carbocycles. The van der Waals surface area contributed by atoms with Crippen LogP contribution in [0.15, 0.2) is 12.3 Å². The summed E-state index contributed by atoms with van der Waals surface area (Å²) < 4.78 is 2.96. The Bertz CT molecular complexity index is 311. The molecule has 132 valence electrons. The van der Waals surface area contributed by atoms with E-state index in [2.05, 4.69) is 85.3 Å². The molecule has 0 amide bonds. The lowest BCUT2D eigenvalue weighted by Crippen LogP contribution is -2.62. The molecule has 0 bridgehead atoms. The second-order valence-corrected chi connectivity index (χ2v) is 19.6. The molecule has 1 nitrogen and oxygen atoms in total. The summed E-state index contributed by atoms with van der Waals surface area (Å²) in [6, 6.07) is 2.03. The lowest BCUT2D eigenvalue weighted by Gasteiger charge is -2.53. The first-order chi connectivity index (χ1) is 9.93. The van der Waals surface area contributed by atoms with Crippen LogP contribution in [0.4, 0.5) is 0 Å². The zero-order chi connectivity index (χ0) is 17.7. The fourth-order valence-electron chi connectivity index (χ4n) is 4.70. The Labute approximate surface area is 143 Å². The lowest BCUT2D eigenvalue weighted by molar-refractivity contribution is 0.327. The van der Waals surface area contributed by atoms with Crippen LogP contribution in [-0.2, 0) is 0 Å². The molecule has 0 fully saturated rings. The van der Waals surface area contributed by atoms with Gasteiger partial charge in [-0.25, -0.2) is 0 Å². The van der Waals surface area contributed by atoms with Crippen LogP contribution in [0.2, 0.25) is 35.8 Å². The molecule has 22 heavy (non-hydrogen) atoms. The van der Waals surface area contributed by atoms with Crippen LogP contribution < -0.4 is 0 Å². The third-order valence-corrected chi connectivity index (χ3v) is 15.7. The highest BCUT2D eigenvalue weighted by molar-refractivity contribution is 6.82. The zero-order valence-corrected chi connectivity index (χ0v) is 19.2. The Hall–Kier alpha value is 0.134. The summed E-state index contributed by atoms with van der Waals surface area (Å²) >= 11 is 0. The van der Waals surface area contributed by atoms with E-state index in [9.17, 15) is 0 Å². The lowest BCUT2D eigenvalue weighted by atomic mass is 10.3. The average molecular weight is 342 g/mol. The summed E-state index contributed by atoms with van der Waals surface area (Å²) in [4.78, 5) is 0. The van der Waals surface area contributed by atoms with Gasteiger partial charge >= 0.3 is 0 Å². The van der Waals surface area contributed by atoms with E-state index < -0.39 is 16.3 Å². The number of hydrogen-bond donors (Lipinski definition) is 0. The Morgan fingerprint density at radius 2 is 1.27 bits per heavy atom. The van der Waals surface area contributed by atoms with Crippen molar-refractivity contribution in [1.29, 1.82) is 0 Å². The van der Waals surface area contributed by atoms with Gasteiger partial charge in [-0.2, -0.15) is 0 Å². The van der Waals surface area contributed by atoms with Gasteiger partial charge in [0.2, 0.25) is 0 Å². The highest BCUT2D eigenvalue weighted by Gasteiger charge is 2.48. The molecular formula is C19H43NSi2. The molecule has 0 saturated carbocycles. The van der Waals surface area contributed by atoms with Gasteiger partial charge in [0.05, 0.1) is 8.07 Å². The van der Waals surface area contributed by atoms with Crippen molar-refractivity contribution in [3.63, 3.8) is 0 Å². The molecule has 0 radical (unpaired) electrons. The molecule has 0 aliphatic rings. The van der Waals surface area contributed by atoms with Gasteiger partial charge in [-0.3, -0.25) is 0 Å². The van der Waals surface area contributed by atoms with E-state index in [0.29, 0.717) is 6.04 Å². The maximum absolute atomic E-state index is 4.06. The quantitative estimate of drug-likeness (QED) is 0.400. The van der Waals surface area contributed by atoms with Crippen molar-refractivity contribution in [3.8, 4) is 0 Å². The molecule has 3 heteroatoms. The minimum absolute atomic E-state index is 0.660. The number of rotatable bonds is 10. The predicted octanol–water partition coefficient (Wildman–Crippen LogP) is 6.70. The highest BCUT2D eigenvalue weighted by Crippen LogP contribution is 2.45. The van der Waals surface area contributed by atoms with Crippen LogP contribution in [0.3, 0.4) is 0 Å². The van der Waals surface area contributed by atoms with Gasteiger partial charge in [0.15, 0.2) is 0 Å². The molecule has 0 spiro atoms. The van der Waals surface area contributed by atoms with Gasteiger partial charge in [-0.15, -0.1) is 12.3 Å². The van der Waals surface area contributed by atoms with Crippen molar-refractivity contribution in [3.05, 3.63) is 12.3 Å². The molecule has 0 rings (SSSR count). The molecular weight excluding hydrogens is 298 g/mol. The number of hydrogen-bond acceptors (Lipinski definition) is 1. The largest absolute Gasteiger partial charge is 0.321 e. The molecule has 0 unspecified atom stereocenters. The van der Waals surface area contributed by atoms with Crippen molar-refractivity contribution >= 4 is 16.3 Å². The van der Waals surface area contributed by atoms with E-state index in [1.807, 2.05) is 0 Å². The van der Waals surface area contributed by atoms with Crippen molar-refractivity contribution < 1.29 is 0 Å². The number of nitrogens with zero attached hydrogens (tertiary/aromatic N) is 1. The second kappa shape index (κ2) is 8.84. The summed E-state index contributed by atoms with van der Waals surface area (Å²) in [6.45, 7) is 29.9.